The lowest BCUT2D eigenvalue weighted by Gasteiger charge is -2.25. The largest absolute Gasteiger partial charge is 0.394 e. The van der Waals surface area contributed by atoms with Crippen LogP contribution in [0.5, 0.6) is 0 Å². The van der Waals surface area contributed by atoms with E-state index in [0.717, 1.165) is 12.0 Å². The summed E-state index contributed by atoms with van der Waals surface area (Å²) in [7, 11) is 5.75. The van der Waals surface area contributed by atoms with Gasteiger partial charge < -0.3 is 20.3 Å². The van der Waals surface area contributed by atoms with Crippen LogP contribution in [0, 0.1) is 17.2 Å². The first-order chi connectivity index (χ1) is 14.5. The van der Waals surface area contributed by atoms with E-state index in [0.29, 0.717) is 12.1 Å². The van der Waals surface area contributed by atoms with Gasteiger partial charge in [-0.3, -0.25) is 9.78 Å². The molecule has 0 aliphatic carbocycles. The molecule has 0 spiro atoms. The predicted molar refractivity (Wildman–Crippen MR) is 113 cm³/mol. The fourth-order valence-electron chi connectivity index (χ4n) is 3.07. The van der Waals surface area contributed by atoms with Gasteiger partial charge in [-0.2, -0.15) is 5.26 Å². The number of nitrogens with one attached hydrogen (secondary N) is 1. The van der Waals surface area contributed by atoms with Crippen LogP contribution in [0.2, 0.25) is 0 Å². The van der Waals surface area contributed by atoms with E-state index < -0.39 is 30.6 Å². The van der Waals surface area contributed by atoms with Gasteiger partial charge >= 0.3 is 0 Å². The molecule has 3 N–H and O–H groups in total. The van der Waals surface area contributed by atoms with Crippen molar-refractivity contribution >= 4 is 19.3 Å². The van der Waals surface area contributed by atoms with E-state index >= 15 is 0 Å². The highest BCUT2D eigenvalue weighted by Crippen LogP contribution is 2.27. The van der Waals surface area contributed by atoms with E-state index in [1.165, 1.54) is 0 Å². The van der Waals surface area contributed by atoms with Gasteiger partial charge in [0.05, 0.1) is 31.0 Å². The van der Waals surface area contributed by atoms with Crippen molar-refractivity contribution in [3.63, 3.8) is 0 Å². The molecular weight excluding hydrogens is 381 g/mol. The standard InChI is InChI=1S/C22H26BN3O4/c1-2-7-18(15-8-4-3-5-9-15)26-22(29)17(12-24)21(30-14-16(28)13-27)19-10-6-11-20(23)25-19/h3-6,8-11,16-18,21,27-28H,2,7,13-14H2,1H3,(H,26,29). The second kappa shape index (κ2) is 12.1. The molecule has 156 valence electrons. The number of benzene rings is 1. The number of aliphatic hydroxyl groups is 2. The van der Waals surface area contributed by atoms with Gasteiger partial charge in [0.1, 0.15) is 20.1 Å². The molecule has 0 saturated heterocycles. The van der Waals surface area contributed by atoms with Crippen molar-refractivity contribution in [3.05, 3.63) is 59.8 Å². The summed E-state index contributed by atoms with van der Waals surface area (Å²) in [6.45, 7) is 1.25. The molecule has 4 unspecified atom stereocenters. The molecule has 0 saturated carbocycles. The van der Waals surface area contributed by atoms with Gasteiger partial charge in [-0.25, -0.2) is 0 Å². The highest BCUT2D eigenvalue weighted by molar-refractivity contribution is 6.30. The van der Waals surface area contributed by atoms with Gasteiger partial charge in [0.25, 0.3) is 0 Å². The van der Waals surface area contributed by atoms with Crippen molar-refractivity contribution < 1.29 is 19.7 Å². The zero-order valence-corrected chi connectivity index (χ0v) is 16.9. The molecule has 0 bridgehead atoms. The molecule has 2 rings (SSSR count). The second-order valence-corrected chi connectivity index (χ2v) is 6.94. The monoisotopic (exact) mass is 407 g/mol. The van der Waals surface area contributed by atoms with Gasteiger partial charge in [-0.1, -0.05) is 55.8 Å². The molecule has 8 heteroatoms. The zero-order valence-electron chi connectivity index (χ0n) is 16.9. The van der Waals surface area contributed by atoms with E-state index in [4.69, 9.17) is 17.7 Å². The van der Waals surface area contributed by atoms with E-state index in [1.54, 1.807) is 18.2 Å². The third kappa shape index (κ3) is 6.66. The lowest BCUT2D eigenvalue weighted by molar-refractivity contribution is -0.130. The Morgan fingerprint density at radius 3 is 2.60 bits per heavy atom. The van der Waals surface area contributed by atoms with Gasteiger partial charge in [0.2, 0.25) is 5.91 Å². The molecule has 1 amide bonds. The second-order valence-electron chi connectivity index (χ2n) is 6.94. The number of nitriles is 1. The molecule has 2 radical (unpaired) electrons. The minimum absolute atomic E-state index is 0.217. The van der Waals surface area contributed by atoms with Crippen LogP contribution in [0.1, 0.15) is 43.2 Å². The SMILES string of the molecule is [B]c1cccc(C(OCC(O)CO)C(C#N)C(=O)NC(CCC)c2ccccc2)n1. The van der Waals surface area contributed by atoms with E-state index in [2.05, 4.69) is 10.3 Å². The molecule has 30 heavy (non-hydrogen) atoms. The number of ether oxygens (including phenoxy) is 1. The number of amides is 1. The third-order valence-corrected chi connectivity index (χ3v) is 4.58. The smallest absolute Gasteiger partial charge is 0.240 e. The number of rotatable bonds is 11. The number of aromatic nitrogens is 1. The zero-order chi connectivity index (χ0) is 21.9. The van der Waals surface area contributed by atoms with Crippen molar-refractivity contribution in [2.75, 3.05) is 13.2 Å². The first kappa shape index (κ1) is 23.6. The molecule has 0 aliphatic heterocycles. The minimum Gasteiger partial charge on any atom is -0.394 e. The fraction of sp³-hybridized carbons (Fsp3) is 0.409. The maximum atomic E-state index is 13.1. The Labute approximate surface area is 178 Å². The van der Waals surface area contributed by atoms with Gasteiger partial charge in [-0.05, 0) is 23.6 Å². The van der Waals surface area contributed by atoms with Crippen LogP contribution in [-0.4, -0.2) is 48.3 Å². The van der Waals surface area contributed by atoms with Crippen LogP contribution < -0.4 is 10.9 Å². The third-order valence-electron chi connectivity index (χ3n) is 4.58. The Hall–Kier alpha value is -2.73. The average Bonchev–Trinajstić information content (AvgIpc) is 2.76. The molecule has 1 heterocycles. The normalized spacial score (nSPS) is 14.9. The maximum absolute atomic E-state index is 13.1. The number of hydrogen-bond acceptors (Lipinski definition) is 6. The predicted octanol–water partition coefficient (Wildman–Crippen LogP) is 1.08. The van der Waals surface area contributed by atoms with Crippen LogP contribution in [0.15, 0.2) is 48.5 Å². The quantitative estimate of drug-likeness (QED) is 0.481. The summed E-state index contributed by atoms with van der Waals surface area (Å²) < 4.78 is 5.65. The maximum Gasteiger partial charge on any atom is 0.240 e. The summed E-state index contributed by atoms with van der Waals surface area (Å²) in [5.74, 6) is -1.74. The minimum atomic E-state index is -1.23. The summed E-state index contributed by atoms with van der Waals surface area (Å²) in [6, 6.07) is 16.1. The summed E-state index contributed by atoms with van der Waals surface area (Å²) in [4.78, 5) is 17.2. The molecule has 0 fully saturated rings. The van der Waals surface area contributed by atoms with E-state index in [1.807, 2.05) is 43.3 Å². The van der Waals surface area contributed by atoms with Crippen molar-refractivity contribution in [3.8, 4) is 6.07 Å². The summed E-state index contributed by atoms with van der Waals surface area (Å²) in [5.41, 5.74) is 1.46. The Bertz CT molecular complexity index is 844. The highest BCUT2D eigenvalue weighted by Gasteiger charge is 2.33. The van der Waals surface area contributed by atoms with Crippen molar-refractivity contribution in [2.24, 2.45) is 5.92 Å². The van der Waals surface area contributed by atoms with Crippen LogP contribution in [0.3, 0.4) is 0 Å². The molecule has 4 atom stereocenters. The number of aliphatic hydroxyl groups excluding tert-OH is 2. The lowest BCUT2D eigenvalue weighted by Crippen LogP contribution is -2.38. The Kier molecular flexibility index (Phi) is 9.48. The van der Waals surface area contributed by atoms with E-state index in [-0.39, 0.29) is 18.2 Å². The first-order valence-electron chi connectivity index (χ1n) is 9.88. The molecule has 1 aromatic heterocycles. The van der Waals surface area contributed by atoms with Crippen LogP contribution in [-0.2, 0) is 9.53 Å². The van der Waals surface area contributed by atoms with Gasteiger partial charge in [0.15, 0.2) is 5.92 Å². The molecular formula is C22H26BN3O4. The summed E-state index contributed by atoms with van der Waals surface area (Å²) >= 11 is 0. The fourth-order valence-corrected chi connectivity index (χ4v) is 3.07. The topological polar surface area (TPSA) is 115 Å². The Morgan fingerprint density at radius 1 is 1.27 bits per heavy atom. The Balaban J connectivity index is 2.27. The molecule has 2 aromatic rings. The number of hydrogen-bond donors (Lipinski definition) is 3. The summed E-state index contributed by atoms with van der Waals surface area (Å²) in [6.07, 6.45) is -0.652. The molecule has 0 aliphatic rings. The molecule has 1 aromatic carbocycles. The van der Waals surface area contributed by atoms with Crippen LogP contribution >= 0.6 is 0 Å². The van der Waals surface area contributed by atoms with Gasteiger partial charge in [-0.15, -0.1) is 0 Å². The van der Waals surface area contributed by atoms with Crippen LogP contribution in [0.25, 0.3) is 0 Å². The Morgan fingerprint density at radius 2 is 2.00 bits per heavy atom. The average molecular weight is 407 g/mol. The van der Waals surface area contributed by atoms with Crippen LogP contribution in [0.4, 0.5) is 0 Å². The number of carbonyl (C=O) groups is 1. The van der Waals surface area contributed by atoms with Crippen molar-refractivity contribution in [1.82, 2.24) is 10.3 Å². The number of pyridine rings is 1. The number of nitrogens with zero attached hydrogens (tertiary/aromatic N) is 2. The first-order valence-corrected chi connectivity index (χ1v) is 9.88. The van der Waals surface area contributed by atoms with Crippen molar-refractivity contribution in [1.29, 1.82) is 5.26 Å². The highest BCUT2D eigenvalue weighted by atomic mass is 16.5. The van der Waals surface area contributed by atoms with Gasteiger partial charge in [0, 0.05) is 0 Å². The summed E-state index contributed by atoms with van der Waals surface area (Å²) in [5, 5.41) is 31.4. The lowest BCUT2D eigenvalue weighted by atomic mass is 9.95. The number of carbonyl (C=O) groups excluding carboxylic acids is 1. The molecule has 7 nitrogen and oxygen atoms in total. The van der Waals surface area contributed by atoms with E-state index in [9.17, 15) is 15.2 Å². The van der Waals surface area contributed by atoms with Crippen molar-refractivity contribution in [2.45, 2.75) is 38.0 Å².